The predicted octanol–water partition coefficient (Wildman–Crippen LogP) is 2.02. The van der Waals surface area contributed by atoms with E-state index in [2.05, 4.69) is 20.3 Å². The van der Waals surface area contributed by atoms with Gasteiger partial charge in [0.15, 0.2) is 0 Å². The highest BCUT2D eigenvalue weighted by Gasteiger charge is 2.28. The van der Waals surface area contributed by atoms with Crippen molar-refractivity contribution in [1.29, 1.82) is 0 Å². The molecule has 0 bridgehead atoms. The van der Waals surface area contributed by atoms with Gasteiger partial charge in [-0.25, -0.2) is 9.97 Å². The number of nitrogens with two attached hydrogens (primary N) is 1. The quantitative estimate of drug-likeness (QED) is 0.679. The van der Waals surface area contributed by atoms with E-state index < -0.39 is 0 Å². The Balaban J connectivity index is 2.00. The van der Waals surface area contributed by atoms with Crippen LogP contribution >= 0.6 is 0 Å². The third kappa shape index (κ3) is 2.59. The van der Waals surface area contributed by atoms with Crippen LogP contribution in [0, 0.1) is 0 Å². The van der Waals surface area contributed by atoms with Crippen LogP contribution in [-0.4, -0.2) is 34.5 Å². The topological polar surface area (TPSA) is 106 Å². The second kappa shape index (κ2) is 5.94. The average Bonchev–Trinajstić information content (AvgIpc) is 3.03. The van der Waals surface area contributed by atoms with Crippen LogP contribution in [0.15, 0.2) is 36.5 Å². The number of fused-ring (bicyclic) bond motifs is 1. The molecular weight excluding hydrogens is 318 g/mol. The Morgan fingerprint density at radius 2 is 2.12 bits per heavy atom. The van der Waals surface area contributed by atoms with Crippen molar-refractivity contribution in [3.8, 4) is 28.3 Å². The maximum absolute atomic E-state index is 12.5. The molecule has 0 saturated heterocycles. The molecule has 4 rings (SSSR count). The summed E-state index contributed by atoms with van der Waals surface area (Å²) in [7, 11) is 1.62. The molecular formula is C18H17N5O2. The van der Waals surface area contributed by atoms with Crippen LogP contribution in [0.3, 0.4) is 0 Å². The molecule has 0 unspecified atom stereocenters. The molecule has 0 radical (unpaired) electrons. The monoisotopic (exact) mass is 335 g/mol. The van der Waals surface area contributed by atoms with Gasteiger partial charge in [-0.15, -0.1) is 0 Å². The minimum absolute atomic E-state index is 0.0939. The molecule has 0 spiro atoms. The first-order chi connectivity index (χ1) is 12.2. The fraction of sp³-hybridized carbons (Fsp3) is 0.167. The Morgan fingerprint density at radius 1 is 1.24 bits per heavy atom. The standard InChI is InChI=1S/C18H17N5O2/c1-25-11-4-2-3-10(9-11)14-15-12(5-7-20-17(15)24)22-16(14)13-6-8-21-18(19)23-13/h2-4,6,8-9,22H,5,7H2,1H3,(H,20,24)(H2,19,21,23). The van der Waals surface area contributed by atoms with E-state index in [1.54, 1.807) is 19.4 Å². The molecule has 1 amide bonds. The van der Waals surface area contributed by atoms with Crippen LogP contribution in [0.2, 0.25) is 0 Å². The van der Waals surface area contributed by atoms with Crippen LogP contribution in [0.4, 0.5) is 5.95 Å². The SMILES string of the molecule is COc1cccc(-c2c(-c3ccnc(N)n3)[nH]c3c2C(=O)NCC3)c1. The molecule has 7 nitrogen and oxygen atoms in total. The summed E-state index contributed by atoms with van der Waals surface area (Å²) in [5.41, 5.74) is 10.4. The summed E-state index contributed by atoms with van der Waals surface area (Å²) in [6.45, 7) is 0.606. The molecule has 2 aromatic heterocycles. The van der Waals surface area contributed by atoms with E-state index in [-0.39, 0.29) is 11.9 Å². The summed E-state index contributed by atoms with van der Waals surface area (Å²) in [4.78, 5) is 24.1. The van der Waals surface area contributed by atoms with Gasteiger partial charge in [-0.05, 0) is 23.8 Å². The number of aromatic amines is 1. The lowest BCUT2D eigenvalue weighted by atomic mass is 9.96. The number of benzene rings is 1. The molecule has 126 valence electrons. The zero-order valence-corrected chi connectivity index (χ0v) is 13.7. The first kappa shape index (κ1) is 15.2. The highest BCUT2D eigenvalue weighted by molar-refractivity contribution is 6.06. The lowest BCUT2D eigenvalue weighted by Gasteiger charge is -2.14. The number of methoxy groups -OCH3 is 1. The average molecular weight is 335 g/mol. The van der Waals surface area contributed by atoms with Gasteiger partial charge in [-0.2, -0.15) is 0 Å². The molecule has 4 N–H and O–H groups in total. The Morgan fingerprint density at radius 3 is 2.92 bits per heavy atom. The van der Waals surface area contributed by atoms with Crippen molar-refractivity contribution in [3.05, 3.63) is 47.8 Å². The molecule has 3 heterocycles. The normalized spacial score (nSPS) is 13.2. The first-order valence-corrected chi connectivity index (χ1v) is 7.93. The van der Waals surface area contributed by atoms with Crippen LogP contribution in [-0.2, 0) is 6.42 Å². The lowest BCUT2D eigenvalue weighted by Crippen LogP contribution is -2.31. The third-order valence-corrected chi connectivity index (χ3v) is 4.25. The van der Waals surface area contributed by atoms with Gasteiger partial charge < -0.3 is 20.8 Å². The third-order valence-electron chi connectivity index (χ3n) is 4.25. The number of ether oxygens (including phenoxy) is 1. The number of carbonyl (C=O) groups excluding carboxylic acids is 1. The minimum atomic E-state index is -0.0939. The second-order valence-electron chi connectivity index (χ2n) is 5.77. The summed E-state index contributed by atoms with van der Waals surface area (Å²) in [5, 5.41) is 2.91. The number of nitrogen functional groups attached to an aromatic ring is 1. The summed E-state index contributed by atoms with van der Waals surface area (Å²) in [6.07, 6.45) is 2.34. The fourth-order valence-electron chi connectivity index (χ4n) is 3.15. The molecule has 7 heteroatoms. The van der Waals surface area contributed by atoms with Crippen LogP contribution in [0.25, 0.3) is 22.5 Å². The predicted molar refractivity (Wildman–Crippen MR) is 94.3 cm³/mol. The molecule has 0 atom stereocenters. The number of hydrogen-bond donors (Lipinski definition) is 3. The second-order valence-corrected chi connectivity index (χ2v) is 5.77. The molecule has 0 fully saturated rings. The van der Waals surface area contributed by atoms with Gasteiger partial charge in [0.1, 0.15) is 5.75 Å². The van der Waals surface area contributed by atoms with Crippen molar-refractivity contribution in [1.82, 2.24) is 20.3 Å². The molecule has 0 aliphatic carbocycles. The number of nitrogens with one attached hydrogen (secondary N) is 2. The summed E-state index contributed by atoms with van der Waals surface area (Å²) in [5.74, 6) is 0.812. The number of carbonyl (C=O) groups is 1. The smallest absolute Gasteiger partial charge is 0.253 e. The number of rotatable bonds is 3. The van der Waals surface area contributed by atoms with E-state index in [4.69, 9.17) is 10.5 Å². The van der Waals surface area contributed by atoms with Gasteiger partial charge >= 0.3 is 0 Å². The van der Waals surface area contributed by atoms with Crippen LogP contribution in [0.1, 0.15) is 16.1 Å². The molecule has 1 aliphatic rings. The zero-order chi connectivity index (χ0) is 17.4. The van der Waals surface area contributed by atoms with E-state index in [1.165, 1.54) is 0 Å². The molecule has 0 saturated carbocycles. The molecule has 3 aromatic rings. The number of anilines is 1. The maximum atomic E-state index is 12.5. The van der Waals surface area contributed by atoms with Crippen molar-refractivity contribution in [3.63, 3.8) is 0 Å². The Labute approximate surface area is 144 Å². The van der Waals surface area contributed by atoms with Gasteiger partial charge in [-0.1, -0.05) is 12.1 Å². The van der Waals surface area contributed by atoms with E-state index >= 15 is 0 Å². The van der Waals surface area contributed by atoms with Crippen molar-refractivity contribution in [2.45, 2.75) is 6.42 Å². The lowest BCUT2D eigenvalue weighted by molar-refractivity contribution is 0.0946. The van der Waals surface area contributed by atoms with Gasteiger partial charge in [-0.3, -0.25) is 4.79 Å². The summed E-state index contributed by atoms with van der Waals surface area (Å²) in [6, 6.07) is 9.38. The molecule has 1 aliphatic heterocycles. The van der Waals surface area contributed by atoms with Crippen molar-refractivity contribution < 1.29 is 9.53 Å². The molecule has 25 heavy (non-hydrogen) atoms. The summed E-state index contributed by atoms with van der Waals surface area (Å²) < 4.78 is 5.33. The van der Waals surface area contributed by atoms with Gasteiger partial charge in [0, 0.05) is 30.4 Å². The van der Waals surface area contributed by atoms with Gasteiger partial charge in [0.05, 0.1) is 24.1 Å². The first-order valence-electron chi connectivity index (χ1n) is 7.93. The Hall–Kier alpha value is -3.35. The van der Waals surface area contributed by atoms with Gasteiger partial charge in [0.25, 0.3) is 5.91 Å². The van der Waals surface area contributed by atoms with Crippen LogP contribution < -0.4 is 15.8 Å². The highest BCUT2D eigenvalue weighted by Crippen LogP contribution is 2.38. The zero-order valence-electron chi connectivity index (χ0n) is 13.7. The van der Waals surface area contributed by atoms with E-state index in [0.29, 0.717) is 17.8 Å². The molecule has 1 aromatic carbocycles. The Bertz CT molecular complexity index is 964. The fourth-order valence-corrected chi connectivity index (χ4v) is 3.15. The highest BCUT2D eigenvalue weighted by atomic mass is 16.5. The number of hydrogen-bond acceptors (Lipinski definition) is 5. The van der Waals surface area contributed by atoms with E-state index in [0.717, 1.165) is 34.7 Å². The van der Waals surface area contributed by atoms with Crippen molar-refractivity contribution in [2.24, 2.45) is 0 Å². The largest absolute Gasteiger partial charge is 0.497 e. The number of aromatic nitrogens is 3. The number of nitrogens with zero attached hydrogens (tertiary/aromatic N) is 2. The van der Waals surface area contributed by atoms with Gasteiger partial charge in [0.2, 0.25) is 5.95 Å². The van der Waals surface area contributed by atoms with E-state index in [1.807, 2.05) is 24.3 Å². The maximum Gasteiger partial charge on any atom is 0.253 e. The summed E-state index contributed by atoms with van der Waals surface area (Å²) >= 11 is 0. The van der Waals surface area contributed by atoms with Crippen molar-refractivity contribution in [2.75, 3.05) is 19.4 Å². The van der Waals surface area contributed by atoms with Crippen molar-refractivity contribution >= 4 is 11.9 Å². The van der Waals surface area contributed by atoms with E-state index in [9.17, 15) is 4.79 Å². The Kier molecular flexibility index (Phi) is 3.61. The van der Waals surface area contributed by atoms with Crippen LogP contribution in [0.5, 0.6) is 5.75 Å². The minimum Gasteiger partial charge on any atom is -0.497 e. The number of H-pyrrole nitrogens is 1. The number of amides is 1.